The van der Waals surface area contributed by atoms with E-state index in [4.69, 9.17) is 0 Å². The van der Waals surface area contributed by atoms with Crippen molar-refractivity contribution >= 4 is 17.5 Å². The predicted molar refractivity (Wildman–Crippen MR) is 92.2 cm³/mol. The van der Waals surface area contributed by atoms with E-state index in [1.165, 1.54) is 18.2 Å². The zero-order chi connectivity index (χ0) is 18.0. The maximum absolute atomic E-state index is 13.2. The molecule has 0 aliphatic carbocycles. The third kappa shape index (κ3) is 3.68. The third-order valence-corrected chi connectivity index (χ3v) is 4.47. The quantitative estimate of drug-likeness (QED) is 0.854. The van der Waals surface area contributed by atoms with Crippen molar-refractivity contribution in [1.29, 1.82) is 0 Å². The van der Waals surface area contributed by atoms with Crippen molar-refractivity contribution < 1.29 is 14.0 Å². The number of anilines is 1. The maximum atomic E-state index is 13.2. The largest absolute Gasteiger partial charge is 0.327 e. The van der Waals surface area contributed by atoms with Crippen LogP contribution in [0.3, 0.4) is 0 Å². The van der Waals surface area contributed by atoms with Crippen molar-refractivity contribution in [1.82, 2.24) is 9.88 Å². The molecule has 1 saturated heterocycles. The molecule has 1 aromatic carbocycles. The molecule has 1 N–H and O–H groups in total. The fourth-order valence-electron chi connectivity index (χ4n) is 3.23. The number of aromatic nitrogens is 1. The molecule has 2 aromatic rings. The Hall–Kier alpha value is -2.76. The minimum absolute atomic E-state index is 0.156. The minimum atomic E-state index is -0.710. The fourth-order valence-corrected chi connectivity index (χ4v) is 3.23. The van der Waals surface area contributed by atoms with Crippen molar-refractivity contribution in [2.75, 3.05) is 11.9 Å². The maximum Gasteiger partial charge on any atom is 0.313 e. The van der Waals surface area contributed by atoms with E-state index in [9.17, 15) is 14.0 Å². The Morgan fingerprint density at radius 1 is 1.32 bits per heavy atom. The summed E-state index contributed by atoms with van der Waals surface area (Å²) in [6.07, 6.45) is 4.20. The first-order chi connectivity index (χ1) is 12.0. The molecule has 0 bridgehead atoms. The van der Waals surface area contributed by atoms with Crippen LogP contribution < -0.4 is 5.32 Å². The second-order valence-electron chi connectivity index (χ2n) is 6.51. The van der Waals surface area contributed by atoms with Gasteiger partial charge in [-0.3, -0.25) is 14.6 Å². The van der Waals surface area contributed by atoms with Gasteiger partial charge in [-0.1, -0.05) is 13.0 Å². The standard InChI is InChI=1S/C19H20FN3O2/c1-12-8-17(14-4-3-7-21-10-14)23(11-12)19(25)18(24)22-16-6-5-15(20)9-13(16)2/h3-7,9-10,12,17H,8,11H2,1-2H3,(H,22,24). The van der Waals surface area contributed by atoms with Gasteiger partial charge in [-0.2, -0.15) is 0 Å². The van der Waals surface area contributed by atoms with E-state index in [0.29, 0.717) is 23.7 Å². The molecule has 2 atom stereocenters. The van der Waals surface area contributed by atoms with Gasteiger partial charge in [0, 0.05) is 24.6 Å². The van der Waals surface area contributed by atoms with E-state index in [0.717, 1.165) is 12.0 Å². The highest BCUT2D eigenvalue weighted by Crippen LogP contribution is 2.35. The number of carbonyl (C=O) groups is 2. The number of nitrogens with zero attached hydrogens (tertiary/aromatic N) is 2. The Balaban J connectivity index is 1.77. The second-order valence-corrected chi connectivity index (χ2v) is 6.51. The van der Waals surface area contributed by atoms with Crippen LogP contribution in [0.2, 0.25) is 0 Å². The van der Waals surface area contributed by atoms with Gasteiger partial charge in [0.1, 0.15) is 5.82 Å². The summed E-state index contributed by atoms with van der Waals surface area (Å²) in [7, 11) is 0. The third-order valence-electron chi connectivity index (χ3n) is 4.47. The molecule has 6 heteroatoms. The molecule has 3 rings (SSSR count). The van der Waals surface area contributed by atoms with Gasteiger partial charge < -0.3 is 10.2 Å². The number of benzene rings is 1. The molecule has 130 valence electrons. The molecular weight excluding hydrogens is 321 g/mol. The predicted octanol–water partition coefficient (Wildman–Crippen LogP) is 3.08. The summed E-state index contributed by atoms with van der Waals surface area (Å²) < 4.78 is 13.2. The molecule has 5 nitrogen and oxygen atoms in total. The first-order valence-electron chi connectivity index (χ1n) is 8.23. The van der Waals surface area contributed by atoms with Crippen LogP contribution in [0.15, 0.2) is 42.7 Å². The molecule has 0 radical (unpaired) electrons. The number of pyridine rings is 1. The van der Waals surface area contributed by atoms with Crippen LogP contribution in [0.4, 0.5) is 10.1 Å². The molecule has 0 spiro atoms. The number of halogens is 1. The number of hydrogen-bond acceptors (Lipinski definition) is 3. The number of aryl methyl sites for hydroxylation is 1. The number of likely N-dealkylation sites (tertiary alicyclic amines) is 1. The molecule has 25 heavy (non-hydrogen) atoms. The fraction of sp³-hybridized carbons (Fsp3) is 0.316. The van der Waals surface area contributed by atoms with E-state index in [1.807, 2.05) is 12.1 Å². The molecule has 1 aliphatic rings. The van der Waals surface area contributed by atoms with Crippen molar-refractivity contribution in [2.45, 2.75) is 26.3 Å². The topological polar surface area (TPSA) is 62.3 Å². The monoisotopic (exact) mass is 341 g/mol. The first kappa shape index (κ1) is 17.1. The number of rotatable bonds is 2. The Bertz CT molecular complexity index is 795. The first-order valence-corrected chi connectivity index (χ1v) is 8.23. The second kappa shape index (κ2) is 7.01. The molecule has 1 fully saturated rings. The van der Waals surface area contributed by atoms with Gasteiger partial charge in [-0.05, 0) is 54.7 Å². The summed E-state index contributed by atoms with van der Waals surface area (Å²) in [5.41, 5.74) is 1.93. The number of carbonyl (C=O) groups excluding carboxylic acids is 2. The van der Waals surface area contributed by atoms with Crippen molar-refractivity contribution in [3.05, 3.63) is 59.7 Å². The Morgan fingerprint density at radius 2 is 2.12 bits per heavy atom. The van der Waals surface area contributed by atoms with Gasteiger partial charge in [0.2, 0.25) is 0 Å². The highest BCUT2D eigenvalue weighted by atomic mass is 19.1. The van der Waals surface area contributed by atoms with Crippen LogP contribution >= 0.6 is 0 Å². The normalized spacial score (nSPS) is 19.7. The average molecular weight is 341 g/mol. The summed E-state index contributed by atoms with van der Waals surface area (Å²) in [6.45, 7) is 4.26. The molecule has 2 heterocycles. The zero-order valence-corrected chi connectivity index (χ0v) is 14.2. The van der Waals surface area contributed by atoms with Gasteiger partial charge in [-0.25, -0.2) is 4.39 Å². The Kier molecular flexibility index (Phi) is 4.79. The summed E-state index contributed by atoms with van der Waals surface area (Å²) in [5.74, 6) is -1.37. The SMILES string of the molecule is Cc1cc(F)ccc1NC(=O)C(=O)N1CC(C)CC1c1cccnc1. The van der Waals surface area contributed by atoms with Crippen molar-refractivity contribution in [2.24, 2.45) is 5.92 Å². The summed E-state index contributed by atoms with van der Waals surface area (Å²) in [5, 5.41) is 2.59. The highest BCUT2D eigenvalue weighted by molar-refractivity contribution is 6.39. The molecule has 2 amide bonds. The number of hydrogen-bond donors (Lipinski definition) is 1. The van der Waals surface area contributed by atoms with Gasteiger partial charge in [0.15, 0.2) is 0 Å². The molecule has 1 aromatic heterocycles. The van der Waals surface area contributed by atoms with Crippen LogP contribution in [-0.2, 0) is 9.59 Å². The van der Waals surface area contributed by atoms with E-state index < -0.39 is 11.8 Å². The van der Waals surface area contributed by atoms with Gasteiger partial charge in [0.25, 0.3) is 0 Å². The molecular formula is C19H20FN3O2. The van der Waals surface area contributed by atoms with Gasteiger partial charge >= 0.3 is 11.8 Å². The van der Waals surface area contributed by atoms with Crippen LogP contribution in [0, 0.1) is 18.7 Å². The lowest BCUT2D eigenvalue weighted by molar-refractivity contribution is -0.143. The smallest absolute Gasteiger partial charge is 0.313 e. The molecule has 0 saturated carbocycles. The van der Waals surface area contributed by atoms with E-state index in [-0.39, 0.29) is 11.9 Å². The zero-order valence-electron chi connectivity index (χ0n) is 14.2. The van der Waals surface area contributed by atoms with Crippen LogP contribution in [0.5, 0.6) is 0 Å². The van der Waals surface area contributed by atoms with Crippen LogP contribution in [0.25, 0.3) is 0 Å². The number of nitrogens with one attached hydrogen (secondary N) is 1. The van der Waals surface area contributed by atoms with Crippen LogP contribution in [-0.4, -0.2) is 28.2 Å². The molecule has 2 unspecified atom stereocenters. The average Bonchev–Trinajstić information content (AvgIpc) is 2.99. The lowest BCUT2D eigenvalue weighted by Crippen LogP contribution is -2.39. The lowest BCUT2D eigenvalue weighted by atomic mass is 10.0. The summed E-state index contributed by atoms with van der Waals surface area (Å²) in [4.78, 5) is 30.8. The highest BCUT2D eigenvalue weighted by Gasteiger charge is 2.37. The van der Waals surface area contributed by atoms with E-state index in [2.05, 4.69) is 17.2 Å². The van der Waals surface area contributed by atoms with E-state index >= 15 is 0 Å². The van der Waals surface area contributed by atoms with Gasteiger partial charge in [0.05, 0.1) is 6.04 Å². The lowest BCUT2D eigenvalue weighted by Gasteiger charge is -2.24. The Morgan fingerprint density at radius 3 is 2.80 bits per heavy atom. The Labute approximate surface area is 145 Å². The van der Waals surface area contributed by atoms with Gasteiger partial charge in [-0.15, -0.1) is 0 Å². The minimum Gasteiger partial charge on any atom is -0.327 e. The van der Waals surface area contributed by atoms with Crippen LogP contribution in [0.1, 0.15) is 30.5 Å². The summed E-state index contributed by atoms with van der Waals surface area (Å²) in [6, 6.07) is 7.61. The van der Waals surface area contributed by atoms with E-state index in [1.54, 1.807) is 24.2 Å². The van der Waals surface area contributed by atoms with Crippen molar-refractivity contribution in [3.8, 4) is 0 Å². The molecule has 1 aliphatic heterocycles. The van der Waals surface area contributed by atoms with Crippen molar-refractivity contribution in [3.63, 3.8) is 0 Å². The summed E-state index contributed by atoms with van der Waals surface area (Å²) >= 11 is 0. The number of amides is 2.